The molecule has 0 N–H and O–H groups in total. The molecule has 164 valence electrons. The standard InChI is InChI=1S/C24H26N6O2/c1-17-14-18(2)30(27-17)23-9-6-20(16-26-23)24(31)29-12-10-28(11-13-29)22(15-25)19-4-7-21(32-3)8-5-19/h4-9,14,16,22H,10-13H2,1-3H3. The van der Waals surface area contributed by atoms with Crippen molar-refractivity contribution in [2.24, 2.45) is 0 Å². The van der Waals surface area contributed by atoms with E-state index in [-0.39, 0.29) is 11.9 Å². The first-order valence-corrected chi connectivity index (χ1v) is 10.6. The number of pyridine rings is 1. The van der Waals surface area contributed by atoms with Gasteiger partial charge in [-0.15, -0.1) is 0 Å². The van der Waals surface area contributed by atoms with E-state index in [2.05, 4.69) is 21.1 Å². The number of carbonyl (C=O) groups is 1. The molecule has 8 heteroatoms. The molecule has 0 bridgehead atoms. The highest BCUT2D eigenvalue weighted by molar-refractivity contribution is 5.94. The van der Waals surface area contributed by atoms with Gasteiger partial charge in [-0.1, -0.05) is 12.1 Å². The second kappa shape index (κ2) is 9.20. The molecule has 1 saturated heterocycles. The molecule has 0 spiro atoms. The molecule has 1 aliphatic heterocycles. The molecule has 1 fully saturated rings. The molecule has 1 aromatic carbocycles. The molecular weight excluding hydrogens is 404 g/mol. The van der Waals surface area contributed by atoms with Crippen LogP contribution in [0.15, 0.2) is 48.7 Å². The van der Waals surface area contributed by atoms with E-state index in [0.717, 1.165) is 22.7 Å². The van der Waals surface area contributed by atoms with E-state index in [1.54, 1.807) is 24.1 Å². The van der Waals surface area contributed by atoms with Crippen molar-refractivity contribution in [1.29, 1.82) is 5.26 Å². The average molecular weight is 431 g/mol. The van der Waals surface area contributed by atoms with Crippen LogP contribution < -0.4 is 4.74 Å². The van der Waals surface area contributed by atoms with Crippen LogP contribution in [0.5, 0.6) is 5.75 Å². The minimum Gasteiger partial charge on any atom is -0.497 e. The smallest absolute Gasteiger partial charge is 0.255 e. The Bertz CT molecular complexity index is 1120. The van der Waals surface area contributed by atoms with E-state index in [1.165, 1.54) is 0 Å². The van der Waals surface area contributed by atoms with Crippen LogP contribution in [0.2, 0.25) is 0 Å². The third-order valence-corrected chi connectivity index (χ3v) is 5.74. The van der Waals surface area contributed by atoms with Gasteiger partial charge in [-0.2, -0.15) is 10.4 Å². The van der Waals surface area contributed by atoms with E-state index < -0.39 is 0 Å². The Morgan fingerprint density at radius 3 is 2.34 bits per heavy atom. The number of amides is 1. The summed E-state index contributed by atoms with van der Waals surface area (Å²) >= 11 is 0. The summed E-state index contributed by atoms with van der Waals surface area (Å²) in [6.07, 6.45) is 1.61. The summed E-state index contributed by atoms with van der Waals surface area (Å²) in [5.74, 6) is 1.40. The van der Waals surface area contributed by atoms with E-state index in [0.29, 0.717) is 37.6 Å². The molecule has 3 aromatic rings. The van der Waals surface area contributed by atoms with Gasteiger partial charge >= 0.3 is 0 Å². The summed E-state index contributed by atoms with van der Waals surface area (Å²) in [7, 11) is 1.62. The minimum atomic E-state index is -0.347. The fourth-order valence-electron chi connectivity index (χ4n) is 4.02. The minimum absolute atomic E-state index is 0.0463. The first-order valence-electron chi connectivity index (χ1n) is 10.6. The van der Waals surface area contributed by atoms with Crippen molar-refractivity contribution < 1.29 is 9.53 Å². The van der Waals surface area contributed by atoms with E-state index in [4.69, 9.17) is 4.74 Å². The Hall–Kier alpha value is -3.70. The molecule has 1 amide bonds. The molecule has 0 radical (unpaired) electrons. The molecule has 2 aromatic heterocycles. The molecular formula is C24H26N6O2. The van der Waals surface area contributed by atoms with E-state index in [9.17, 15) is 10.1 Å². The Kier molecular flexibility index (Phi) is 6.19. The number of nitrogens with zero attached hydrogens (tertiary/aromatic N) is 6. The Labute approximate surface area is 187 Å². The lowest BCUT2D eigenvalue weighted by molar-refractivity contribution is 0.0606. The number of rotatable bonds is 5. The van der Waals surface area contributed by atoms with E-state index >= 15 is 0 Å². The number of aromatic nitrogens is 3. The molecule has 0 aliphatic carbocycles. The SMILES string of the molecule is COc1ccc(C(C#N)N2CCN(C(=O)c3ccc(-n4nc(C)cc4C)nc3)CC2)cc1. The molecule has 4 rings (SSSR count). The molecule has 8 nitrogen and oxygen atoms in total. The molecule has 1 unspecified atom stereocenters. The van der Waals surface area contributed by atoms with Crippen LogP contribution in [0.25, 0.3) is 5.82 Å². The van der Waals surface area contributed by atoms with Crippen LogP contribution in [0.3, 0.4) is 0 Å². The summed E-state index contributed by atoms with van der Waals surface area (Å²) < 4.78 is 6.97. The highest BCUT2D eigenvalue weighted by Gasteiger charge is 2.27. The lowest BCUT2D eigenvalue weighted by atomic mass is 10.1. The van der Waals surface area contributed by atoms with Gasteiger partial charge in [-0.25, -0.2) is 9.67 Å². The van der Waals surface area contributed by atoms with Crippen LogP contribution in [0.4, 0.5) is 0 Å². The second-order valence-corrected chi connectivity index (χ2v) is 7.88. The first kappa shape index (κ1) is 21.5. The predicted octanol–water partition coefficient (Wildman–Crippen LogP) is 2.92. The normalized spacial score (nSPS) is 15.2. The summed E-state index contributed by atoms with van der Waals surface area (Å²) in [4.78, 5) is 21.3. The highest BCUT2D eigenvalue weighted by Crippen LogP contribution is 2.24. The van der Waals surface area contributed by atoms with Gasteiger partial charge in [0.1, 0.15) is 11.8 Å². The van der Waals surface area contributed by atoms with Crippen LogP contribution in [-0.2, 0) is 0 Å². The molecule has 0 saturated carbocycles. The summed E-state index contributed by atoms with van der Waals surface area (Å²) in [5, 5.41) is 14.2. The van der Waals surface area contributed by atoms with Crippen molar-refractivity contribution >= 4 is 5.91 Å². The number of nitriles is 1. The molecule has 32 heavy (non-hydrogen) atoms. The zero-order valence-electron chi connectivity index (χ0n) is 18.5. The molecule has 3 heterocycles. The summed E-state index contributed by atoms with van der Waals surface area (Å²) in [6.45, 7) is 6.30. The van der Waals surface area contributed by atoms with Gasteiger partial charge in [0.15, 0.2) is 5.82 Å². The van der Waals surface area contributed by atoms with Crippen molar-refractivity contribution in [2.45, 2.75) is 19.9 Å². The van der Waals surface area contributed by atoms with Gasteiger partial charge in [0.25, 0.3) is 5.91 Å². The third kappa shape index (κ3) is 4.34. The topological polar surface area (TPSA) is 87.3 Å². The average Bonchev–Trinajstić information content (AvgIpc) is 3.18. The van der Waals surface area contributed by atoms with Crippen LogP contribution >= 0.6 is 0 Å². The zero-order chi connectivity index (χ0) is 22.7. The van der Waals surface area contributed by atoms with Crippen molar-refractivity contribution in [3.8, 4) is 17.6 Å². The number of aryl methyl sites for hydroxylation is 2. The Balaban J connectivity index is 1.39. The Morgan fingerprint density at radius 1 is 1.09 bits per heavy atom. The lowest BCUT2D eigenvalue weighted by Gasteiger charge is -2.37. The number of ether oxygens (including phenoxy) is 1. The zero-order valence-corrected chi connectivity index (χ0v) is 18.5. The highest BCUT2D eigenvalue weighted by atomic mass is 16.5. The first-order chi connectivity index (χ1) is 15.5. The van der Waals surface area contributed by atoms with Crippen molar-refractivity contribution in [2.75, 3.05) is 33.3 Å². The Morgan fingerprint density at radius 2 is 1.81 bits per heavy atom. The summed E-state index contributed by atoms with van der Waals surface area (Å²) in [6, 6.07) is 15.2. The maximum absolute atomic E-state index is 13.0. The van der Waals surface area contributed by atoms with Crippen LogP contribution in [0.1, 0.15) is 33.4 Å². The van der Waals surface area contributed by atoms with Crippen molar-refractivity contribution in [3.63, 3.8) is 0 Å². The van der Waals surface area contributed by atoms with Gasteiger partial charge in [-0.05, 0) is 49.7 Å². The molecule has 1 aliphatic rings. The van der Waals surface area contributed by atoms with Crippen molar-refractivity contribution in [1.82, 2.24) is 24.6 Å². The largest absolute Gasteiger partial charge is 0.497 e. The van der Waals surface area contributed by atoms with E-state index in [1.807, 2.05) is 55.1 Å². The van der Waals surface area contributed by atoms with Gasteiger partial charge < -0.3 is 9.64 Å². The van der Waals surface area contributed by atoms with Gasteiger partial charge in [-0.3, -0.25) is 9.69 Å². The van der Waals surface area contributed by atoms with Gasteiger partial charge in [0.2, 0.25) is 0 Å². The monoisotopic (exact) mass is 430 g/mol. The van der Waals surface area contributed by atoms with Crippen molar-refractivity contribution in [3.05, 3.63) is 71.2 Å². The number of hydrogen-bond acceptors (Lipinski definition) is 6. The summed E-state index contributed by atoms with van der Waals surface area (Å²) in [5.41, 5.74) is 3.40. The second-order valence-electron chi connectivity index (χ2n) is 7.88. The maximum Gasteiger partial charge on any atom is 0.255 e. The fourth-order valence-corrected chi connectivity index (χ4v) is 4.02. The number of methoxy groups -OCH3 is 1. The predicted molar refractivity (Wildman–Crippen MR) is 120 cm³/mol. The van der Waals surface area contributed by atoms with Gasteiger partial charge in [0, 0.05) is 38.1 Å². The third-order valence-electron chi connectivity index (χ3n) is 5.74. The van der Waals surface area contributed by atoms with Gasteiger partial charge in [0.05, 0.1) is 24.4 Å². The lowest BCUT2D eigenvalue weighted by Crippen LogP contribution is -2.49. The molecule has 1 atom stereocenters. The number of piperazine rings is 1. The number of benzene rings is 1. The number of hydrogen-bond donors (Lipinski definition) is 0. The quantitative estimate of drug-likeness (QED) is 0.619. The van der Waals surface area contributed by atoms with Crippen LogP contribution in [-0.4, -0.2) is 63.8 Å². The number of carbonyl (C=O) groups excluding carboxylic acids is 1. The fraction of sp³-hybridized carbons (Fsp3) is 0.333. The van der Waals surface area contributed by atoms with Crippen LogP contribution in [0, 0.1) is 25.2 Å². The maximum atomic E-state index is 13.0.